The summed E-state index contributed by atoms with van der Waals surface area (Å²) in [6, 6.07) is 1.24. The van der Waals surface area contributed by atoms with Gasteiger partial charge in [-0.25, -0.2) is 9.18 Å². The van der Waals surface area contributed by atoms with Gasteiger partial charge >= 0.3 is 6.09 Å². The summed E-state index contributed by atoms with van der Waals surface area (Å²) < 4.78 is 18.8. The first kappa shape index (κ1) is 17.1. The van der Waals surface area contributed by atoms with Gasteiger partial charge in [-0.2, -0.15) is 0 Å². The van der Waals surface area contributed by atoms with Crippen LogP contribution in [0.15, 0.2) is 12.3 Å². The van der Waals surface area contributed by atoms with Crippen molar-refractivity contribution in [3.63, 3.8) is 0 Å². The highest BCUT2D eigenvalue weighted by Crippen LogP contribution is 2.46. The van der Waals surface area contributed by atoms with E-state index < -0.39 is 17.0 Å². The topological polar surface area (TPSA) is 62.7 Å². The van der Waals surface area contributed by atoms with Gasteiger partial charge in [-0.3, -0.25) is 4.98 Å². The largest absolute Gasteiger partial charge is 0.444 e. The normalized spacial score (nSPS) is 29.7. The van der Waals surface area contributed by atoms with E-state index in [4.69, 9.17) is 4.74 Å². The fourth-order valence-electron chi connectivity index (χ4n) is 4.06. The number of nitrogens with zero attached hydrogens (tertiary/aromatic N) is 2. The number of hydrogen-bond acceptors (Lipinski definition) is 4. The summed E-state index contributed by atoms with van der Waals surface area (Å²) in [4.78, 5) is 18.4. The second-order valence-corrected chi connectivity index (χ2v) is 8.03. The number of pyridine rings is 1. The molecule has 3 rings (SSSR count). The molecule has 3 heterocycles. The van der Waals surface area contributed by atoms with Gasteiger partial charge in [-0.05, 0) is 52.2 Å². The maximum Gasteiger partial charge on any atom is 0.410 e. The van der Waals surface area contributed by atoms with E-state index in [9.17, 15) is 14.3 Å². The van der Waals surface area contributed by atoms with Crippen LogP contribution in [0.4, 0.5) is 9.18 Å². The highest BCUT2D eigenvalue weighted by atomic mass is 19.1. The molecule has 5 nitrogen and oxygen atoms in total. The van der Waals surface area contributed by atoms with Crippen LogP contribution >= 0.6 is 0 Å². The molecule has 2 aliphatic rings. The Morgan fingerprint density at radius 1 is 1.38 bits per heavy atom. The van der Waals surface area contributed by atoms with E-state index in [0.717, 1.165) is 19.0 Å². The lowest BCUT2D eigenvalue weighted by Gasteiger charge is -2.43. The Balaban J connectivity index is 1.83. The Morgan fingerprint density at radius 3 is 2.46 bits per heavy atom. The third-order valence-corrected chi connectivity index (χ3v) is 4.86. The number of aliphatic hydroxyl groups is 1. The SMILES string of the molecule is Cc1cc(F)cnc1C1(O)CC2CCC(C1)N2C(=O)OC(C)(C)C. The molecule has 0 radical (unpaired) electrons. The number of hydrogen-bond donors (Lipinski definition) is 1. The average molecular weight is 336 g/mol. The van der Waals surface area contributed by atoms with Crippen LogP contribution in [0.2, 0.25) is 0 Å². The Hall–Kier alpha value is -1.69. The van der Waals surface area contributed by atoms with E-state index in [1.54, 1.807) is 11.8 Å². The average Bonchev–Trinajstić information content (AvgIpc) is 2.70. The number of carbonyl (C=O) groups is 1. The summed E-state index contributed by atoms with van der Waals surface area (Å²) >= 11 is 0. The number of amides is 1. The first-order valence-corrected chi connectivity index (χ1v) is 8.45. The zero-order valence-corrected chi connectivity index (χ0v) is 14.7. The van der Waals surface area contributed by atoms with E-state index in [-0.39, 0.29) is 18.2 Å². The smallest absolute Gasteiger partial charge is 0.410 e. The maximum absolute atomic E-state index is 13.3. The van der Waals surface area contributed by atoms with E-state index in [0.29, 0.717) is 24.1 Å². The molecular weight excluding hydrogens is 311 g/mol. The van der Waals surface area contributed by atoms with Crippen molar-refractivity contribution in [2.45, 2.75) is 76.7 Å². The predicted octanol–water partition coefficient (Wildman–Crippen LogP) is 3.28. The van der Waals surface area contributed by atoms with Crippen molar-refractivity contribution in [2.75, 3.05) is 0 Å². The van der Waals surface area contributed by atoms with Crippen molar-refractivity contribution in [2.24, 2.45) is 0 Å². The van der Waals surface area contributed by atoms with Crippen molar-refractivity contribution in [3.05, 3.63) is 29.3 Å². The number of carbonyl (C=O) groups excluding carboxylic acids is 1. The molecule has 132 valence electrons. The number of fused-ring (bicyclic) bond motifs is 2. The minimum atomic E-state index is -1.12. The van der Waals surface area contributed by atoms with Crippen LogP contribution in [0.1, 0.15) is 57.7 Å². The van der Waals surface area contributed by atoms with E-state index >= 15 is 0 Å². The molecule has 1 aromatic heterocycles. The third kappa shape index (κ3) is 3.11. The summed E-state index contributed by atoms with van der Waals surface area (Å²) in [5.74, 6) is -0.408. The second kappa shape index (κ2) is 5.69. The van der Waals surface area contributed by atoms with Gasteiger partial charge in [0.15, 0.2) is 0 Å². The lowest BCUT2D eigenvalue weighted by molar-refractivity contribution is -0.0650. The summed E-state index contributed by atoms with van der Waals surface area (Å²) in [7, 11) is 0. The van der Waals surface area contributed by atoms with Gasteiger partial charge in [0.2, 0.25) is 0 Å². The molecule has 6 heteroatoms. The number of ether oxygens (including phenoxy) is 1. The molecule has 0 spiro atoms. The maximum atomic E-state index is 13.3. The fourth-order valence-corrected chi connectivity index (χ4v) is 4.06. The van der Waals surface area contributed by atoms with Gasteiger partial charge < -0.3 is 14.7 Å². The van der Waals surface area contributed by atoms with E-state index in [1.807, 2.05) is 20.8 Å². The summed E-state index contributed by atoms with van der Waals surface area (Å²) in [5.41, 5.74) is -0.506. The summed E-state index contributed by atoms with van der Waals surface area (Å²) in [6.45, 7) is 7.29. The lowest BCUT2D eigenvalue weighted by Crippen LogP contribution is -2.53. The molecule has 1 amide bonds. The molecule has 2 aliphatic heterocycles. The fraction of sp³-hybridized carbons (Fsp3) is 0.667. The van der Waals surface area contributed by atoms with Crippen LogP contribution in [0.25, 0.3) is 0 Å². The second-order valence-electron chi connectivity index (χ2n) is 8.03. The molecular formula is C18H25FN2O3. The van der Waals surface area contributed by atoms with Gasteiger partial charge in [0.05, 0.1) is 11.9 Å². The summed E-state index contributed by atoms with van der Waals surface area (Å²) in [5, 5.41) is 11.2. The van der Waals surface area contributed by atoms with E-state index in [1.165, 1.54) is 6.07 Å². The molecule has 0 aromatic carbocycles. The minimum Gasteiger partial charge on any atom is -0.444 e. The van der Waals surface area contributed by atoms with Crippen LogP contribution in [0.3, 0.4) is 0 Å². The highest BCUT2D eigenvalue weighted by Gasteiger charge is 2.52. The monoisotopic (exact) mass is 336 g/mol. The van der Waals surface area contributed by atoms with Crippen LogP contribution in [-0.4, -0.2) is 38.8 Å². The Morgan fingerprint density at radius 2 is 1.96 bits per heavy atom. The number of piperidine rings is 1. The Kier molecular flexibility index (Phi) is 4.06. The standard InChI is InChI=1S/C18H25FN2O3/c1-11-7-12(19)10-20-15(11)18(23)8-13-5-6-14(9-18)21(13)16(22)24-17(2,3)4/h7,10,13-14,23H,5-6,8-9H2,1-4H3. The molecule has 2 atom stereocenters. The molecule has 2 bridgehead atoms. The first-order valence-electron chi connectivity index (χ1n) is 8.45. The summed E-state index contributed by atoms with van der Waals surface area (Å²) in [6.07, 6.45) is 3.31. The molecule has 1 N–H and O–H groups in total. The minimum absolute atomic E-state index is 0.0742. The molecule has 24 heavy (non-hydrogen) atoms. The van der Waals surface area contributed by atoms with Crippen molar-refractivity contribution in [1.82, 2.24) is 9.88 Å². The number of halogens is 1. The number of rotatable bonds is 1. The zero-order chi connectivity index (χ0) is 17.7. The Bertz CT molecular complexity index is 642. The zero-order valence-electron chi connectivity index (χ0n) is 14.7. The van der Waals surface area contributed by atoms with Crippen LogP contribution < -0.4 is 0 Å². The molecule has 2 saturated heterocycles. The first-order chi connectivity index (χ1) is 11.1. The van der Waals surface area contributed by atoms with Crippen molar-refractivity contribution in [3.8, 4) is 0 Å². The molecule has 1 aromatic rings. The molecule has 2 fully saturated rings. The third-order valence-electron chi connectivity index (χ3n) is 4.86. The van der Waals surface area contributed by atoms with Crippen LogP contribution in [0, 0.1) is 12.7 Å². The molecule has 0 aliphatic carbocycles. The molecule has 0 saturated carbocycles. The van der Waals surface area contributed by atoms with Gasteiger partial charge in [-0.1, -0.05) is 0 Å². The van der Waals surface area contributed by atoms with Crippen molar-refractivity contribution >= 4 is 6.09 Å². The van der Waals surface area contributed by atoms with Crippen molar-refractivity contribution < 1.29 is 19.0 Å². The Labute approximate surface area is 141 Å². The highest BCUT2D eigenvalue weighted by molar-refractivity contribution is 5.69. The van der Waals surface area contributed by atoms with Crippen molar-refractivity contribution in [1.29, 1.82) is 0 Å². The number of aryl methyl sites for hydroxylation is 1. The van der Waals surface area contributed by atoms with Gasteiger partial charge in [0, 0.05) is 24.9 Å². The lowest BCUT2D eigenvalue weighted by atomic mass is 9.82. The molecule has 2 unspecified atom stereocenters. The van der Waals surface area contributed by atoms with Gasteiger partial charge in [0.1, 0.15) is 17.0 Å². The van der Waals surface area contributed by atoms with E-state index in [2.05, 4.69) is 4.98 Å². The quantitative estimate of drug-likeness (QED) is 0.855. The van der Waals surface area contributed by atoms with Crippen LogP contribution in [0.5, 0.6) is 0 Å². The van der Waals surface area contributed by atoms with Crippen LogP contribution in [-0.2, 0) is 10.3 Å². The van der Waals surface area contributed by atoms with Gasteiger partial charge in [0.25, 0.3) is 0 Å². The number of aromatic nitrogens is 1. The predicted molar refractivity (Wildman–Crippen MR) is 86.9 cm³/mol. The van der Waals surface area contributed by atoms with Gasteiger partial charge in [-0.15, -0.1) is 0 Å².